The monoisotopic (exact) mass is 359 g/mol. The van der Waals surface area contributed by atoms with E-state index in [0.29, 0.717) is 24.0 Å². The van der Waals surface area contributed by atoms with Crippen LogP contribution in [0.2, 0.25) is 5.02 Å². The van der Waals surface area contributed by atoms with Gasteiger partial charge in [-0.05, 0) is 48.8 Å². The van der Waals surface area contributed by atoms with Crippen molar-refractivity contribution < 1.29 is 13.2 Å². The van der Waals surface area contributed by atoms with Gasteiger partial charge in [0.25, 0.3) is 10.2 Å². The van der Waals surface area contributed by atoms with Gasteiger partial charge in [0.05, 0.1) is 12.8 Å². The summed E-state index contributed by atoms with van der Waals surface area (Å²) in [6.07, 6.45) is 2.88. The van der Waals surface area contributed by atoms with Crippen LogP contribution >= 0.6 is 11.6 Å². The molecule has 1 aromatic carbocycles. The first kappa shape index (κ1) is 16.8. The lowest BCUT2D eigenvalue weighted by molar-refractivity contribution is 0.242. The van der Waals surface area contributed by atoms with E-state index in [9.17, 15) is 8.42 Å². The van der Waals surface area contributed by atoms with Gasteiger partial charge in [0.2, 0.25) is 0 Å². The highest BCUT2D eigenvalue weighted by molar-refractivity contribution is 7.86. The molecule has 0 unspecified atom stereocenters. The minimum Gasteiger partial charge on any atom is -0.495 e. The maximum atomic E-state index is 11.4. The Bertz CT molecular complexity index is 687. The molecule has 128 valence electrons. The van der Waals surface area contributed by atoms with Crippen LogP contribution in [0.4, 0.5) is 5.69 Å². The fraction of sp³-hybridized carbons (Fsp3) is 0.600. The molecular weight excluding hydrogens is 338 g/mol. The fourth-order valence-corrected chi connectivity index (χ4v) is 4.43. The van der Waals surface area contributed by atoms with Gasteiger partial charge in [-0.3, -0.25) is 0 Å². The predicted molar refractivity (Wildman–Crippen MR) is 90.9 cm³/mol. The Morgan fingerprint density at radius 1 is 1.43 bits per heavy atom. The highest BCUT2D eigenvalue weighted by Crippen LogP contribution is 2.59. The first-order valence-electron chi connectivity index (χ1n) is 7.69. The summed E-state index contributed by atoms with van der Waals surface area (Å²) in [7, 11) is -1.91. The molecular formula is C15H22ClN3O3S. The summed E-state index contributed by atoms with van der Waals surface area (Å²) in [6, 6.07) is 5.50. The van der Waals surface area contributed by atoms with Crippen molar-refractivity contribution in [1.29, 1.82) is 0 Å². The van der Waals surface area contributed by atoms with Crippen LogP contribution < -0.4 is 15.2 Å². The van der Waals surface area contributed by atoms with Gasteiger partial charge in [0, 0.05) is 24.7 Å². The molecule has 1 aliphatic carbocycles. The maximum absolute atomic E-state index is 11.4. The molecule has 8 heteroatoms. The zero-order valence-corrected chi connectivity index (χ0v) is 14.7. The van der Waals surface area contributed by atoms with Crippen molar-refractivity contribution in [2.75, 3.05) is 32.1 Å². The molecule has 1 aromatic rings. The number of piperidine rings is 1. The van der Waals surface area contributed by atoms with E-state index in [1.54, 1.807) is 13.2 Å². The van der Waals surface area contributed by atoms with Crippen LogP contribution in [0, 0.1) is 11.3 Å². The molecule has 1 saturated carbocycles. The Kier molecular flexibility index (Phi) is 4.48. The van der Waals surface area contributed by atoms with E-state index in [-0.39, 0.29) is 5.41 Å². The summed E-state index contributed by atoms with van der Waals surface area (Å²) in [5, 5.41) is 9.27. The number of ether oxygens (including phenoxy) is 1. The lowest BCUT2D eigenvalue weighted by Gasteiger charge is -2.30. The van der Waals surface area contributed by atoms with Gasteiger partial charge in [0.1, 0.15) is 5.75 Å². The minimum atomic E-state index is -3.55. The average Bonchev–Trinajstić information content (AvgIpc) is 3.17. The third-order valence-electron chi connectivity index (χ3n) is 5.14. The van der Waals surface area contributed by atoms with E-state index in [1.165, 1.54) is 4.31 Å². The van der Waals surface area contributed by atoms with E-state index in [1.807, 2.05) is 12.1 Å². The molecule has 3 rings (SSSR count). The molecule has 1 heterocycles. The van der Waals surface area contributed by atoms with Gasteiger partial charge >= 0.3 is 0 Å². The van der Waals surface area contributed by atoms with Crippen molar-refractivity contribution in [3.8, 4) is 5.75 Å². The second-order valence-corrected chi connectivity index (χ2v) is 8.42. The highest BCUT2D eigenvalue weighted by atomic mass is 35.5. The average molecular weight is 360 g/mol. The highest BCUT2D eigenvalue weighted by Gasteiger charge is 2.55. The summed E-state index contributed by atoms with van der Waals surface area (Å²) in [5.41, 5.74) is 1.16. The number of nitrogens with one attached hydrogen (secondary N) is 1. The number of anilines is 1. The van der Waals surface area contributed by atoms with Gasteiger partial charge in [0.15, 0.2) is 0 Å². The largest absolute Gasteiger partial charge is 0.495 e. The van der Waals surface area contributed by atoms with Crippen molar-refractivity contribution in [3.05, 3.63) is 23.2 Å². The van der Waals surface area contributed by atoms with E-state index >= 15 is 0 Å². The van der Waals surface area contributed by atoms with Crippen molar-refractivity contribution >= 4 is 27.5 Å². The zero-order valence-electron chi connectivity index (χ0n) is 13.1. The van der Waals surface area contributed by atoms with Gasteiger partial charge in [-0.2, -0.15) is 12.7 Å². The summed E-state index contributed by atoms with van der Waals surface area (Å²) >= 11 is 6.04. The Hall–Kier alpha value is -1.02. The molecule has 0 radical (unpaired) electrons. The summed E-state index contributed by atoms with van der Waals surface area (Å²) in [6.45, 7) is 1.89. The van der Waals surface area contributed by atoms with Gasteiger partial charge in [-0.25, -0.2) is 5.14 Å². The predicted octanol–water partition coefficient (Wildman–Crippen LogP) is 2.07. The molecule has 0 bridgehead atoms. The van der Waals surface area contributed by atoms with Gasteiger partial charge < -0.3 is 10.1 Å². The van der Waals surface area contributed by atoms with E-state index < -0.39 is 10.2 Å². The second-order valence-electron chi connectivity index (χ2n) is 6.43. The topological polar surface area (TPSA) is 84.7 Å². The van der Waals surface area contributed by atoms with Crippen LogP contribution in [-0.4, -0.2) is 39.5 Å². The first-order chi connectivity index (χ1) is 10.8. The fourth-order valence-electron chi connectivity index (χ4n) is 3.57. The Morgan fingerprint density at radius 2 is 2.13 bits per heavy atom. The van der Waals surface area contributed by atoms with Crippen LogP contribution in [0.3, 0.4) is 0 Å². The summed E-state index contributed by atoms with van der Waals surface area (Å²) in [4.78, 5) is 0. The number of methoxy groups -OCH3 is 1. The molecule has 3 N–H and O–H groups in total. The second kappa shape index (κ2) is 6.12. The van der Waals surface area contributed by atoms with Crippen molar-refractivity contribution in [1.82, 2.24) is 4.31 Å². The van der Waals surface area contributed by atoms with E-state index in [4.69, 9.17) is 21.5 Å². The van der Waals surface area contributed by atoms with Gasteiger partial charge in [-0.1, -0.05) is 11.6 Å². The molecule has 2 fully saturated rings. The number of rotatable bonds is 5. The zero-order chi connectivity index (χ0) is 16.7. The van der Waals surface area contributed by atoms with Crippen LogP contribution in [-0.2, 0) is 10.2 Å². The van der Waals surface area contributed by atoms with E-state index in [0.717, 1.165) is 37.2 Å². The lowest BCUT2D eigenvalue weighted by atomic mass is 9.92. The molecule has 23 heavy (non-hydrogen) atoms. The number of hydrogen-bond acceptors (Lipinski definition) is 4. The number of nitrogens with zero attached hydrogens (tertiary/aromatic N) is 1. The molecule has 6 nitrogen and oxygen atoms in total. The van der Waals surface area contributed by atoms with Crippen molar-refractivity contribution in [2.45, 2.75) is 19.3 Å². The van der Waals surface area contributed by atoms with Crippen molar-refractivity contribution in [3.63, 3.8) is 0 Å². The molecule has 1 aliphatic heterocycles. The Morgan fingerprint density at radius 3 is 2.74 bits per heavy atom. The summed E-state index contributed by atoms with van der Waals surface area (Å²) in [5.74, 6) is 1.32. The molecule has 1 atom stereocenters. The number of hydrogen-bond donors (Lipinski definition) is 2. The molecule has 1 spiro atoms. The van der Waals surface area contributed by atoms with Crippen LogP contribution in [0.1, 0.15) is 19.3 Å². The number of nitrogens with two attached hydrogens (primary N) is 1. The SMILES string of the molecule is COc1ccc(Cl)cc1NC[C@@H]1CC12CCN(S(N)(=O)=O)CC2. The molecule has 0 aromatic heterocycles. The summed E-state index contributed by atoms with van der Waals surface area (Å²) < 4.78 is 29.5. The Balaban J connectivity index is 1.56. The number of benzene rings is 1. The molecule has 2 aliphatic rings. The lowest BCUT2D eigenvalue weighted by Crippen LogP contribution is -2.43. The normalized spacial score (nSPS) is 23.7. The van der Waals surface area contributed by atoms with Crippen LogP contribution in [0.5, 0.6) is 5.75 Å². The first-order valence-corrected chi connectivity index (χ1v) is 9.57. The maximum Gasteiger partial charge on any atom is 0.276 e. The van der Waals surface area contributed by atoms with E-state index in [2.05, 4.69) is 5.32 Å². The third kappa shape index (κ3) is 3.57. The number of halogens is 1. The third-order valence-corrected chi connectivity index (χ3v) is 6.46. The van der Waals surface area contributed by atoms with Crippen LogP contribution in [0.25, 0.3) is 0 Å². The van der Waals surface area contributed by atoms with Crippen LogP contribution in [0.15, 0.2) is 18.2 Å². The standard InChI is InChI=1S/C15H22ClN3O3S/c1-22-14-3-2-12(16)8-13(14)18-10-11-9-15(11)4-6-19(7-5-15)23(17,20)21/h2-3,8,11,18H,4-7,9-10H2,1H3,(H2,17,20,21)/t11-/m0/s1. The minimum absolute atomic E-state index is 0.264. The molecule has 1 saturated heterocycles. The quantitative estimate of drug-likeness (QED) is 0.842. The Labute approximate surface area is 142 Å². The van der Waals surface area contributed by atoms with Gasteiger partial charge in [-0.15, -0.1) is 0 Å². The smallest absolute Gasteiger partial charge is 0.276 e. The van der Waals surface area contributed by atoms with Crippen molar-refractivity contribution in [2.24, 2.45) is 16.5 Å². The molecule has 0 amide bonds.